The third-order valence-corrected chi connectivity index (χ3v) is 2.70. The SMILES string of the molecule is CN(C(=O)c1ccc(C#N)cn1)c1ccc(N)cc1. The number of hydrogen-bond donors (Lipinski definition) is 1. The van der Waals surface area contributed by atoms with Crippen molar-refractivity contribution in [1.82, 2.24) is 4.98 Å². The summed E-state index contributed by atoms with van der Waals surface area (Å²) in [6.07, 6.45) is 1.38. The van der Waals surface area contributed by atoms with Crippen LogP contribution in [0.2, 0.25) is 0 Å². The fraction of sp³-hybridized carbons (Fsp3) is 0.0714. The van der Waals surface area contributed by atoms with Gasteiger partial charge in [0.25, 0.3) is 5.91 Å². The van der Waals surface area contributed by atoms with E-state index in [2.05, 4.69) is 4.98 Å². The number of pyridine rings is 1. The number of rotatable bonds is 2. The van der Waals surface area contributed by atoms with E-state index < -0.39 is 0 Å². The van der Waals surface area contributed by atoms with Crippen molar-refractivity contribution in [2.24, 2.45) is 0 Å². The minimum absolute atomic E-state index is 0.241. The zero-order valence-electron chi connectivity index (χ0n) is 10.4. The number of nitrogens with zero attached hydrogens (tertiary/aromatic N) is 3. The van der Waals surface area contributed by atoms with E-state index in [0.29, 0.717) is 16.9 Å². The Hall–Kier alpha value is -2.87. The molecule has 1 heterocycles. The highest BCUT2D eigenvalue weighted by atomic mass is 16.2. The van der Waals surface area contributed by atoms with Crippen LogP contribution in [0.1, 0.15) is 16.1 Å². The normalized spacial score (nSPS) is 9.68. The van der Waals surface area contributed by atoms with Crippen LogP contribution in [0.25, 0.3) is 0 Å². The highest BCUT2D eigenvalue weighted by Crippen LogP contribution is 2.16. The van der Waals surface area contributed by atoms with E-state index in [1.807, 2.05) is 6.07 Å². The van der Waals surface area contributed by atoms with Gasteiger partial charge in [-0.3, -0.25) is 4.79 Å². The second-order valence-corrected chi connectivity index (χ2v) is 4.00. The summed E-state index contributed by atoms with van der Waals surface area (Å²) in [6, 6.07) is 12.0. The average Bonchev–Trinajstić information content (AvgIpc) is 2.46. The highest BCUT2D eigenvalue weighted by Gasteiger charge is 2.14. The second kappa shape index (κ2) is 5.19. The molecular formula is C14H12N4O. The van der Waals surface area contributed by atoms with Crippen molar-refractivity contribution in [3.8, 4) is 6.07 Å². The van der Waals surface area contributed by atoms with E-state index in [1.165, 1.54) is 17.2 Å². The van der Waals surface area contributed by atoms with E-state index in [1.54, 1.807) is 37.4 Å². The summed E-state index contributed by atoms with van der Waals surface area (Å²) in [5.41, 5.74) is 7.68. The van der Waals surface area contributed by atoms with Crippen LogP contribution in [0, 0.1) is 11.3 Å². The molecule has 0 aliphatic heterocycles. The van der Waals surface area contributed by atoms with Crippen LogP contribution in [-0.4, -0.2) is 17.9 Å². The van der Waals surface area contributed by atoms with Crippen molar-refractivity contribution >= 4 is 17.3 Å². The van der Waals surface area contributed by atoms with Crippen molar-refractivity contribution in [3.05, 3.63) is 53.9 Å². The van der Waals surface area contributed by atoms with Crippen LogP contribution in [-0.2, 0) is 0 Å². The van der Waals surface area contributed by atoms with Gasteiger partial charge in [0.1, 0.15) is 11.8 Å². The first-order valence-electron chi connectivity index (χ1n) is 5.61. The maximum atomic E-state index is 12.2. The van der Waals surface area contributed by atoms with Gasteiger partial charge in [-0.15, -0.1) is 0 Å². The minimum atomic E-state index is -0.241. The lowest BCUT2D eigenvalue weighted by atomic mass is 10.2. The number of amides is 1. The molecule has 0 radical (unpaired) electrons. The molecule has 5 nitrogen and oxygen atoms in total. The van der Waals surface area contributed by atoms with Gasteiger partial charge in [0.05, 0.1) is 5.56 Å². The van der Waals surface area contributed by atoms with Crippen LogP contribution in [0.15, 0.2) is 42.6 Å². The Morgan fingerprint density at radius 3 is 2.47 bits per heavy atom. The van der Waals surface area contributed by atoms with Gasteiger partial charge in [0.15, 0.2) is 0 Å². The molecule has 2 rings (SSSR count). The number of anilines is 2. The molecular weight excluding hydrogens is 240 g/mol. The standard InChI is InChI=1S/C14H12N4O/c1-18(12-5-3-11(16)4-6-12)14(19)13-7-2-10(8-15)9-17-13/h2-7,9H,16H2,1H3. The molecule has 5 heteroatoms. The summed E-state index contributed by atoms with van der Waals surface area (Å²) < 4.78 is 0. The van der Waals surface area contributed by atoms with Gasteiger partial charge in [-0.1, -0.05) is 0 Å². The third-order valence-electron chi connectivity index (χ3n) is 2.70. The number of carbonyl (C=O) groups is 1. The number of nitriles is 1. The topological polar surface area (TPSA) is 83.0 Å². The van der Waals surface area contributed by atoms with E-state index in [-0.39, 0.29) is 5.91 Å². The summed E-state index contributed by atoms with van der Waals surface area (Å²) in [6.45, 7) is 0. The summed E-state index contributed by atoms with van der Waals surface area (Å²) in [5.74, 6) is -0.241. The van der Waals surface area contributed by atoms with Crippen molar-refractivity contribution in [1.29, 1.82) is 5.26 Å². The molecule has 94 valence electrons. The van der Waals surface area contributed by atoms with Crippen LogP contribution in [0.3, 0.4) is 0 Å². The summed E-state index contributed by atoms with van der Waals surface area (Å²) in [5, 5.41) is 8.68. The van der Waals surface area contributed by atoms with Gasteiger partial charge in [-0.25, -0.2) is 4.98 Å². The Balaban J connectivity index is 2.23. The molecule has 1 amide bonds. The Kier molecular flexibility index (Phi) is 3.44. The predicted molar refractivity (Wildman–Crippen MR) is 72.5 cm³/mol. The van der Waals surface area contributed by atoms with E-state index >= 15 is 0 Å². The van der Waals surface area contributed by atoms with E-state index in [9.17, 15) is 4.79 Å². The molecule has 0 atom stereocenters. The first kappa shape index (κ1) is 12.6. The molecule has 0 aliphatic rings. The lowest BCUT2D eigenvalue weighted by Gasteiger charge is -2.16. The fourth-order valence-electron chi connectivity index (χ4n) is 1.57. The van der Waals surface area contributed by atoms with Gasteiger partial charge >= 0.3 is 0 Å². The van der Waals surface area contributed by atoms with Gasteiger partial charge < -0.3 is 10.6 Å². The average molecular weight is 252 g/mol. The zero-order chi connectivity index (χ0) is 13.8. The Morgan fingerprint density at radius 2 is 1.95 bits per heavy atom. The minimum Gasteiger partial charge on any atom is -0.399 e. The van der Waals surface area contributed by atoms with Crippen molar-refractivity contribution in [3.63, 3.8) is 0 Å². The fourth-order valence-corrected chi connectivity index (χ4v) is 1.57. The quantitative estimate of drug-likeness (QED) is 0.826. The summed E-state index contributed by atoms with van der Waals surface area (Å²) in [4.78, 5) is 17.6. The molecule has 2 N–H and O–H groups in total. The second-order valence-electron chi connectivity index (χ2n) is 4.00. The number of benzene rings is 1. The van der Waals surface area contributed by atoms with Crippen LogP contribution >= 0.6 is 0 Å². The molecule has 1 aromatic heterocycles. The maximum Gasteiger partial charge on any atom is 0.276 e. The molecule has 19 heavy (non-hydrogen) atoms. The van der Waals surface area contributed by atoms with Crippen LogP contribution in [0.4, 0.5) is 11.4 Å². The lowest BCUT2D eigenvalue weighted by molar-refractivity contribution is 0.0988. The largest absolute Gasteiger partial charge is 0.399 e. The molecule has 0 fully saturated rings. The highest BCUT2D eigenvalue weighted by molar-refractivity contribution is 6.04. The maximum absolute atomic E-state index is 12.2. The van der Waals surface area contributed by atoms with Crippen molar-refractivity contribution in [2.75, 3.05) is 17.7 Å². The molecule has 2 aromatic rings. The third kappa shape index (κ3) is 2.69. The predicted octanol–water partition coefficient (Wildman–Crippen LogP) is 1.81. The first-order chi connectivity index (χ1) is 9.11. The lowest BCUT2D eigenvalue weighted by Crippen LogP contribution is -2.27. The van der Waals surface area contributed by atoms with E-state index in [0.717, 1.165) is 5.69 Å². The van der Waals surface area contributed by atoms with Gasteiger partial charge in [0.2, 0.25) is 0 Å². The molecule has 0 saturated carbocycles. The molecule has 0 bridgehead atoms. The van der Waals surface area contributed by atoms with Gasteiger partial charge in [-0.05, 0) is 36.4 Å². The van der Waals surface area contributed by atoms with Crippen LogP contribution in [0.5, 0.6) is 0 Å². The number of aromatic nitrogens is 1. The molecule has 1 aromatic carbocycles. The van der Waals surface area contributed by atoms with Gasteiger partial charge in [0, 0.05) is 24.6 Å². The van der Waals surface area contributed by atoms with Gasteiger partial charge in [-0.2, -0.15) is 5.26 Å². The van der Waals surface area contributed by atoms with E-state index in [4.69, 9.17) is 11.0 Å². The molecule has 0 spiro atoms. The Labute approximate surface area is 110 Å². The molecule has 0 aliphatic carbocycles. The summed E-state index contributed by atoms with van der Waals surface area (Å²) >= 11 is 0. The molecule has 0 unspecified atom stereocenters. The van der Waals surface area contributed by atoms with Crippen molar-refractivity contribution < 1.29 is 4.79 Å². The smallest absolute Gasteiger partial charge is 0.276 e. The Bertz CT molecular complexity index is 626. The number of nitrogens with two attached hydrogens (primary N) is 1. The number of hydrogen-bond acceptors (Lipinski definition) is 4. The monoisotopic (exact) mass is 252 g/mol. The first-order valence-corrected chi connectivity index (χ1v) is 5.61. The zero-order valence-corrected chi connectivity index (χ0v) is 10.4. The molecule has 0 saturated heterocycles. The Morgan fingerprint density at radius 1 is 1.26 bits per heavy atom. The number of nitrogen functional groups attached to an aromatic ring is 1. The van der Waals surface area contributed by atoms with Crippen molar-refractivity contribution in [2.45, 2.75) is 0 Å². The number of carbonyl (C=O) groups excluding carboxylic acids is 1. The summed E-state index contributed by atoms with van der Waals surface area (Å²) in [7, 11) is 1.66. The van der Waals surface area contributed by atoms with Crippen LogP contribution < -0.4 is 10.6 Å².